The first kappa shape index (κ1) is 16.8. The molecule has 1 aliphatic carbocycles. The highest BCUT2D eigenvalue weighted by molar-refractivity contribution is 5.76. The molecule has 0 aromatic rings. The zero-order valence-electron chi connectivity index (χ0n) is 12.4. The van der Waals surface area contributed by atoms with Crippen LogP contribution in [0.15, 0.2) is 0 Å². The molecule has 116 valence electrons. The summed E-state index contributed by atoms with van der Waals surface area (Å²) >= 11 is 0. The van der Waals surface area contributed by atoms with E-state index >= 15 is 0 Å². The van der Waals surface area contributed by atoms with Crippen molar-refractivity contribution in [2.45, 2.75) is 51.0 Å². The maximum atomic E-state index is 11.6. The number of hydrogen-bond acceptors (Lipinski definition) is 3. The lowest BCUT2D eigenvalue weighted by Crippen LogP contribution is -2.43. The molecular weight excluding hydrogens is 258 g/mol. The van der Waals surface area contributed by atoms with Gasteiger partial charge in [0.15, 0.2) is 0 Å². The Bertz CT molecular complexity index is 291. The van der Waals surface area contributed by atoms with E-state index in [0.717, 1.165) is 12.8 Å². The Hall–Kier alpha value is -1.30. The minimum Gasteiger partial charge on any atom is -0.383 e. The molecule has 1 fully saturated rings. The number of nitrogens with one attached hydrogen (secondary N) is 3. The summed E-state index contributed by atoms with van der Waals surface area (Å²) in [7, 11) is 1.60. The minimum atomic E-state index is -0.114. The summed E-state index contributed by atoms with van der Waals surface area (Å²) in [4.78, 5) is 23.0. The van der Waals surface area contributed by atoms with Crippen molar-refractivity contribution in [3.63, 3.8) is 0 Å². The number of ether oxygens (including phenoxy) is 1. The molecule has 0 aliphatic heterocycles. The van der Waals surface area contributed by atoms with Crippen molar-refractivity contribution in [3.05, 3.63) is 0 Å². The Labute approximate surface area is 121 Å². The first-order chi connectivity index (χ1) is 9.72. The van der Waals surface area contributed by atoms with Crippen molar-refractivity contribution in [3.8, 4) is 0 Å². The highest BCUT2D eigenvalue weighted by Gasteiger charge is 2.15. The monoisotopic (exact) mass is 285 g/mol. The second-order valence-electron chi connectivity index (χ2n) is 5.18. The fraction of sp³-hybridized carbons (Fsp3) is 0.857. The predicted molar refractivity (Wildman–Crippen MR) is 77.5 cm³/mol. The topological polar surface area (TPSA) is 79.5 Å². The van der Waals surface area contributed by atoms with Crippen LogP contribution in [0.1, 0.15) is 44.9 Å². The van der Waals surface area contributed by atoms with E-state index in [4.69, 9.17) is 4.74 Å². The van der Waals surface area contributed by atoms with Crippen LogP contribution < -0.4 is 16.0 Å². The first-order valence-corrected chi connectivity index (χ1v) is 7.52. The number of urea groups is 1. The summed E-state index contributed by atoms with van der Waals surface area (Å²) in [5.41, 5.74) is 0. The first-order valence-electron chi connectivity index (χ1n) is 7.52. The number of carbonyl (C=O) groups excluding carboxylic acids is 2. The summed E-state index contributed by atoms with van der Waals surface area (Å²) in [6.07, 6.45) is 6.91. The molecule has 0 unspecified atom stereocenters. The fourth-order valence-corrected chi connectivity index (χ4v) is 2.32. The van der Waals surface area contributed by atoms with Crippen molar-refractivity contribution in [2.24, 2.45) is 0 Å². The number of methoxy groups -OCH3 is 1. The van der Waals surface area contributed by atoms with E-state index in [9.17, 15) is 9.59 Å². The average Bonchev–Trinajstić information content (AvgIpc) is 2.45. The van der Waals surface area contributed by atoms with Crippen molar-refractivity contribution in [2.75, 3.05) is 26.8 Å². The lowest BCUT2D eigenvalue weighted by Gasteiger charge is -2.22. The lowest BCUT2D eigenvalue weighted by molar-refractivity contribution is -0.121. The van der Waals surface area contributed by atoms with Crippen LogP contribution in [0.3, 0.4) is 0 Å². The quantitative estimate of drug-likeness (QED) is 0.586. The largest absolute Gasteiger partial charge is 0.383 e. The summed E-state index contributed by atoms with van der Waals surface area (Å²) in [5, 5.41) is 8.52. The number of carbonyl (C=O) groups is 2. The van der Waals surface area contributed by atoms with Crippen LogP contribution in [0, 0.1) is 0 Å². The van der Waals surface area contributed by atoms with Crippen LogP contribution >= 0.6 is 0 Å². The Kier molecular flexibility index (Phi) is 8.78. The van der Waals surface area contributed by atoms with E-state index in [1.54, 1.807) is 7.11 Å². The number of amides is 3. The van der Waals surface area contributed by atoms with Gasteiger partial charge in [0.25, 0.3) is 0 Å². The van der Waals surface area contributed by atoms with E-state index < -0.39 is 0 Å². The van der Waals surface area contributed by atoms with Gasteiger partial charge >= 0.3 is 6.03 Å². The summed E-state index contributed by atoms with van der Waals surface area (Å²) < 4.78 is 4.84. The van der Waals surface area contributed by atoms with Crippen LogP contribution in [0.5, 0.6) is 0 Å². The SMILES string of the molecule is COCCNC(=O)CCCNC(=O)NC1CCCCC1. The molecule has 6 heteroatoms. The van der Waals surface area contributed by atoms with E-state index in [2.05, 4.69) is 16.0 Å². The molecule has 0 bridgehead atoms. The van der Waals surface area contributed by atoms with E-state index in [1.807, 2.05) is 0 Å². The molecule has 0 aromatic heterocycles. The second kappa shape index (κ2) is 10.5. The van der Waals surface area contributed by atoms with Crippen molar-refractivity contribution in [1.82, 2.24) is 16.0 Å². The van der Waals surface area contributed by atoms with Gasteiger partial charge in [-0.15, -0.1) is 0 Å². The van der Waals surface area contributed by atoms with Crippen molar-refractivity contribution < 1.29 is 14.3 Å². The van der Waals surface area contributed by atoms with Gasteiger partial charge in [0.05, 0.1) is 6.61 Å². The van der Waals surface area contributed by atoms with Crippen molar-refractivity contribution in [1.29, 1.82) is 0 Å². The molecule has 3 amide bonds. The molecule has 0 heterocycles. The number of rotatable bonds is 8. The van der Waals surface area contributed by atoms with Gasteiger partial charge < -0.3 is 20.7 Å². The van der Waals surface area contributed by atoms with Gasteiger partial charge in [-0.2, -0.15) is 0 Å². The van der Waals surface area contributed by atoms with Crippen molar-refractivity contribution >= 4 is 11.9 Å². The smallest absolute Gasteiger partial charge is 0.315 e. The summed E-state index contributed by atoms with van der Waals surface area (Å²) in [6.45, 7) is 1.58. The van der Waals surface area contributed by atoms with E-state index in [-0.39, 0.29) is 11.9 Å². The van der Waals surface area contributed by atoms with Gasteiger partial charge in [0.1, 0.15) is 0 Å². The number of hydrogen-bond donors (Lipinski definition) is 3. The van der Waals surface area contributed by atoms with Crippen LogP contribution in [0.25, 0.3) is 0 Å². The summed E-state index contributed by atoms with van der Waals surface area (Å²) in [6, 6.07) is 0.206. The zero-order valence-corrected chi connectivity index (χ0v) is 12.4. The standard InChI is InChI=1S/C14H27N3O3/c1-20-11-10-15-13(18)8-5-9-16-14(19)17-12-6-3-2-4-7-12/h12H,2-11H2,1H3,(H,15,18)(H2,16,17,19). The third kappa shape index (κ3) is 7.99. The molecule has 3 N–H and O–H groups in total. The molecule has 0 radical (unpaired) electrons. The zero-order chi connectivity index (χ0) is 14.6. The third-order valence-electron chi connectivity index (χ3n) is 3.43. The Morgan fingerprint density at radius 2 is 1.85 bits per heavy atom. The van der Waals surface area contributed by atoms with Gasteiger partial charge in [-0.05, 0) is 19.3 Å². The molecule has 20 heavy (non-hydrogen) atoms. The van der Waals surface area contributed by atoms with Crippen LogP contribution in [0.4, 0.5) is 4.79 Å². The van der Waals surface area contributed by atoms with Gasteiger partial charge in [-0.25, -0.2) is 4.79 Å². The second-order valence-corrected chi connectivity index (χ2v) is 5.18. The maximum absolute atomic E-state index is 11.6. The average molecular weight is 285 g/mol. The maximum Gasteiger partial charge on any atom is 0.315 e. The predicted octanol–water partition coefficient (Wildman–Crippen LogP) is 1.16. The molecule has 0 aromatic carbocycles. The fourth-order valence-electron chi connectivity index (χ4n) is 2.32. The third-order valence-corrected chi connectivity index (χ3v) is 3.43. The molecule has 1 aliphatic rings. The van der Waals surface area contributed by atoms with Crippen LogP contribution in [-0.4, -0.2) is 44.8 Å². The lowest BCUT2D eigenvalue weighted by atomic mass is 9.96. The van der Waals surface area contributed by atoms with E-state index in [0.29, 0.717) is 38.6 Å². The molecule has 0 atom stereocenters. The van der Waals surface area contributed by atoms with Crippen LogP contribution in [-0.2, 0) is 9.53 Å². The van der Waals surface area contributed by atoms with Gasteiger partial charge in [-0.1, -0.05) is 19.3 Å². The molecular formula is C14H27N3O3. The van der Waals surface area contributed by atoms with Gasteiger partial charge in [-0.3, -0.25) is 4.79 Å². The Balaban J connectivity index is 1.97. The van der Waals surface area contributed by atoms with Gasteiger partial charge in [0.2, 0.25) is 5.91 Å². The van der Waals surface area contributed by atoms with Gasteiger partial charge in [0, 0.05) is 32.7 Å². The van der Waals surface area contributed by atoms with E-state index in [1.165, 1.54) is 19.3 Å². The Morgan fingerprint density at radius 1 is 1.10 bits per heavy atom. The molecule has 6 nitrogen and oxygen atoms in total. The van der Waals surface area contributed by atoms with Crippen LogP contribution in [0.2, 0.25) is 0 Å². The highest BCUT2D eigenvalue weighted by Crippen LogP contribution is 2.16. The normalized spacial score (nSPS) is 15.7. The minimum absolute atomic E-state index is 0.00320. The summed E-state index contributed by atoms with van der Waals surface area (Å²) in [5.74, 6) is -0.00320. The molecule has 0 saturated heterocycles. The molecule has 1 rings (SSSR count). The molecule has 1 saturated carbocycles. The highest BCUT2D eigenvalue weighted by atomic mass is 16.5. The Morgan fingerprint density at radius 3 is 2.55 bits per heavy atom. The molecule has 0 spiro atoms.